The highest BCUT2D eigenvalue weighted by Crippen LogP contribution is 2.39. The van der Waals surface area contributed by atoms with Gasteiger partial charge in [-0.05, 0) is 36.8 Å². The SMILES string of the molecule is CC(=NNC(=O)c1ccc(C(=O)Nc2cscn2)s1)c1csc(-c2ccc(Br)cc2)c1O. The zero-order valence-corrected chi connectivity index (χ0v) is 20.5. The third-order valence-electron chi connectivity index (χ3n) is 4.31. The minimum atomic E-state index is -0.440. The number of thiophene rings is 2. The normalized spacial score (nSPS) is 11.4. The molecule has 0 radical (unpaired) electrons. The molecule has 0 saturated heterocycles. The molecule has 2 amide bonds. The van der Waals surface area contributed by atoms with Crippen LogP contribution in [0.15, 0.2) is 62.2 Å². The van der Waals surface area contributed by atoms with Crippen LogP contribution in [0.2, 0.25) is 0 Å². The number of benzene rings is 1. The number of hydrogen-bond donors (Lipinski definition) is 3. The summed E-state index contributed by atoms with van der Waals surface area (Å²) in [7, 11) is 0. The number of carbonyl (C=O) groups is 2. The van der Waals surface area contributed by atoms with Gasteiger partial charge >= 0.3 is 0 Å². The van der Waals surface area contributed by atoms with E-state index in [1.165, 1.54) is 22.7 Å². The molecule has 0 atom stereocenters. The molecule has 7 nitrogen and oxygen atoms in total. The molecule has 0 aliphatic carbocycles. The summed E-state index contributed by atoms with van der Waals surface area (Å²) in [5.41, 5.74) is 6.00. The molecule has 4 aromatic rings. The van der Waals surface area contributed by atoms with Crippen molar-refractivity contribution in [1.29, 1.82) is 0 Å². The number of anilines is 1. The molecule has 0 saturated carbocycles. The highest BCUT2D eigenvalue weighted by Gasteiger charge is 2.17. The van der Waals surface area contributed by atoms with Crippen molar-refractivity contribution in [2.75, 3.05) is 5.32 Å². The molecular weight excluding hydrogens is 532 g/mol. The van der Waals surface area contributed by atoms with E-state index >= 15 is 0 Å². The fourth-order valence-electron chi connectivity index (χ4n) is 2.70. The summed E-state index contributed by atoms with van der Waals surface area (Å²) >= 11 is 7.23. The number of thiazole rings is 1. The van der Waals surface area contributed by atoms with Gasteiger partial charge in [0.1, 0.15) is 11.6 Å². The molecule has 162 valence electrons. The monoisotopic (exact) mass is 546 g/mol. The average Bonchev–Trinajstić information content (AvgIpc) is 3.54. The number of aromatic hydroxyl groups is 1. The Morgan fingerprint density at radius 2 is 1.78 bits per heavy atom. The van der Waals surface area contributed by atoms with E-state index in [1.807, 2.05) is 24.3 Å². The van der Waals surface area contributed by atoms with Gasteiger partial charge in [0.25, 0.3) is 11.8 Å². The lowest BCUT2D eigenvalue weighted by Crippen LogP contribution is -2.18. The number of hydrogen-bond acceptors (Lipinski definition) is 8. The van der Waals surface area contributed by atoms with E-state index in [0.717, 1.165) is 26.3 Å². The first kappa shape index (κ1) is 22.3. The Kier molecular flexibility index (Phi) is 6.80. The molecule has 3 aromatic heterocycles. The second-order valence-electron chi connectivity index (χ2n) is 6.46. The van der Waals surface area contributed by atoms with Crippen LogP contribution in [0.3, 0.4) is 0 Å². The standard InChI is InChI=1S/C21H15BrN4O3S3/c1-11(14-8-31-19(18(14)27)12-2-4-13(22)5-3-12)25-26-21(29)16-7-6-15(32-16)20(28)24-17-9-30-10-23-17/h2-10,27H,1H3,(H,24,28)(H,26,29). The number of halogens is 1. The minimum Gasteiger partial charge on any atom is -0.506 e. The Morgan fingerprint density at radius 3 is 2.47 bits per heavy atom. The number of aromatic nitrogens is 1. The Hall–Kier alpha value is -2.86. The first-order valence-electron chi connectivity index (χ1n) is 9.13. The summed E-state index contributed by atoms with van der Waals surface area (Å²) < 4.78 is 0.954. The Morgan fingerprint density at radius 1 is 1.06 bits per heavy atom. The van der Waals surface area contributed by atoms with Crippen molar-refractivity contribution in [2.45, 2.75) is 6.92 Å². The van der Waals surface area contributed by atoms with Gasteiger partial charge in [-0.1, -0.05) is 28.1 Å². The molecule has 0 bridgehead atoms. The molecule has 0 aliphatic rings. The van der Waals surface area contributed by atoms with E-state index < -0.39 is 5.91 Å². The fourth-order valence-corrected chi connectivity index (χ4v) is 5.25. The Balaban J connectivity index is 1.43. The van der Waals surface area contributed by atoms with E-state index in [4.69, 9.17) is 0 Å². The summed E-state index contributed by atoms with van der Waals surface area (Å²) in [4.78, 5) is 30.2. The first-order valence-corrected chi connectivity index (χ1v) is 12.6. The zero-order valence-electron chi connectivity index (χ0n) is 16.5. The number of amides is 2. The molecule has 0 fully saturated rings. The second kappa shape index (κ2) is 9.74. The number of nitrogens with zero attached hydrogens (tertiary/aromatic N) is 2. The van der Waals surface area contributed by atoms with E-state index in [-0.39, 0.29) is 11.7 Å². The van der Waals surface area contributed by atoms with Crippen molar-refractivity contribution in [3.63, 3.8) is 0 Å². The van der Waals surface area contributed by atoms with Crippen molar-refractivity contribution in [3.05, 3.63) is 72.5 Å². The van der Waals surface area contributed by atoms with Crippen LogP contribution in [0.1, 0.15) is 31.8 Å². The highest BCUT2D eigenvalue weighted by molar-refractivity contribution is 9.10. The summed E-state index contributed by atoms with van der Waals surface area (Å²) in [5.74, 6) is -0.184. The van der Waals surface area contributed by atoms with Crippen LogP contribution in [0.4, 0.5) is 5.82 Å². The number of carbonyl (C=O) groups excluding carboxylic acids is 2. The smallest absolute Gasteiger partial charge is 0.281 e. The van der Waals surface area contributed by atoms with Gasteiger partial charge in [0.2, 0.25) is 0 Å². The van der Waals surface area contributed by atoms with E-state index in [2.05, 4.69) is 36.8 Å². The van der Waals surface area contributed by atoms with Gasteiger partial charge in [-0.3, -0.25) is 9.59 Å². The second-order valence-corrected chi connectivity index (χ2v) is 10.1. The zero-order chi connectivity index (χ0) is 22.7. The Labute approximate surface area is 203 Å². The number of hydrazone groups is 1. The highest BCUT2D eigenvalue weighted by atomic mass is 79.9. The van der Waals surface area contributed by atoms with Gasteiger partial charge in [0.15, 0.2) is 0 Å². The lowest BCUT2D eigenvalue weighted by atomic mass is 10.1. The van der Waals surface area contributed by atoms with Crippen molar-refractivity contribution >= 4 is 73.3 Å². The minimum absolute atomic E-state index is 0.116. The number of rotatable bonds is 6. The maximum atomic E-state index is 12.5. The van der Waals surface area contributed by atoms with Gasteiger partial charge in [-0.2, -0.15) is 5.10 Å². The lowest BCUT2D eigenvalue weighted by Gasteiger charge is -2.03. The molecular formula is C21H15BrN4O3S3. The van der Waals surface area contributed by atoms with Crippen LogP contribution in [0.5, 0.6) is 5.75 Å². The maximum absolute atomic E-state index is 12.5. The van der Waals surface area contributed by atoms with Gasteiger partial charge in [-0.25, -0.2) is 10.4 Å². The van der Waals surface area contributed by atoms with Crippen molar-refractivity contribution in [3.8, 4) is 16.2 Å². The van der Waals surface area contributed by atoms with E-state index in [0.29, 0.717) is 26.8 Å². The molecule has 0 spiro atoms. The van der Waals surface area contributed by atoms with Crippen LogP contribution in [-0.4, -0.2) is 27.6 Å². The Bertz CT molecular complexity index is 1290. The molecule has 0 unspecified atom stereocenters. The maximum Gasteiger partial charge on any atom is 0.281 e. The van der Waals surface area contributed by atoms with Gasteiger partial charge < -0.3 is 10.4 Å². The van der Waals surface area contributed by atoms with Crippen LogP contribution in [0, 0.1) is 0 Å². The quantitative estimate of drug-likeness (QED) is 0.209. The van der Waals surface area contributed by atoms with Crippen molar-refractivity contribution < 1.29 is 14.7 Å². The van der Waals surface area contributed by atoms with Crippen molar-refractivity contribution in [1.82, 2.24) is 10.4 Å². The average molecular weight is 547 g/mol. The van der Waals surface area contributed by atoms with Gasteiger partial charge in [-0.15, -0.1) is 34.0 Å². The predicted molar refractivity (Wildman–Crippen MR) is 133 cm³/mol. The summed E-state index contributed by atoms with van der Waals surface area (Å²) in [6, 6.07) is 10.8. The largest absolute Gasteiger partial charge is 0.506 e. The summed E-state index contributed by atoms with van der Waals surface area (Å²) in [6.07, 6.45) is 0. The molecule has 32 heavy (non-hydrogen) atoms. The van der Waals surface area contributed by atoms with Crippen LogP contribution >= 0.6 is 49.9 Å². The third kappa shape index (κ3) is 4.96. The van der Waals surface area contributed by atoms with E-state index in [9.17, 15) is 14.7 Å². The predicted octanol–water partition coefficient (Wildman–Crippen LogP) is 5.81. The number of nitrogens with one attached hydrogen (secondary N) is 2. The third-order valence-corrected chi connectivity index (χ3v) is 7.53. The first-order chi connectivity index (χ1) is 15.4. The van der Waals surface area contributed by atoms with E-state index in [1.54, 1.807) is 35.3 Å². The van der Waals surface area contributed by atoms with Crippen LogP contribution < -0.4 is 10.7 Å². The topological polar surface area (TPSA) is 104 Å². The molecule has 3 heterocycles. The summed E-state index contributed by atoms with van der Waals surface area (Å²) in [5, 5.41) is 20.9. The molecule has 1 aromatic carbocycles. The molecule has 0 aliphatic heterocycles. The molecule has 3 N–H and O–H groups in total. The van der Waals surface area contributed by atoms with Crippen molar-refractivity contribution in [2.24, 2.45) is 5.10 Å². The summed E-state index contributed by atoms with van der Waals surface area (Å²) in [6.45, 7) is 1.70. The molecule has 4 rings (SSSR count). The lowest BCUT2D eigenvalue weighted by molar-refractivity contribution is 0.0958. The van der Waals surface area contributed by atoms with Gasteiger partial charge in [0.05, 0.1) is 31.4 Å². The van der Waals surface area contributed by atoms with Crippen LogP contribution in [-0.2, 0) is 0 Å². The molecule has 11 heteroatoms. The van der Waals surface area contributed by atoms with Crippen LogP contribution in [0.25, 0.3) is 10.4 Å². The fraction of sp³-hybridized carbons (Fsp3) is 0.0476. The van der Waals surface area contributed by atoms with Gasteiger partial charge in [0, 0.05) is 15.2 Å².